The molecule has 0 radical (unpaired) electrons. The Balaban J connectivity index is 2.41. The summed E-state index contributed by atoms with van der Waals surface area (Å²) in [4.78, 5) is -0.0160. The first-order valence-electron chi connectivity index (χ1n) is 5.92. The molecular formula is C14H12FN3O2S. The van der Waals surface area contributed by atoms with Crippen LogP contribution in [0.3, 0.4) is 0 Å². The van der Waals surface area contributed by atoms with E-state index in [4.69, 9.17) is 11.0 Å². The van der Waals surface area contributed by atoms with Crippen LogP contribution in [0, 0.1) is 24.1 Å². The lowest BCUT2D eigenvalue weighted by Crippen LogP contribution is -2.15. The van der Waals surface area contributed by atoms with Crippen molar-refractivity contribution in [1.82, 2.24) is 0 Å². The molecular weight excluding hydrogens is 293 g/mol. The number of nitrogens with two attached hydrogens (primary N) is 1. The van der Waals surface area contributed by atoms with Gasteiger partial charge in [0.05, 0.1) is 22.2 Å². The molecule has 0 unspecified atom stereocenters. The molecule has 0 aliphatic heterocycles. The average molecular weight is 305 g/mol. The molecule has 0 saturated heterocycles. The lowest BCUT2D eigenvalue weighted by atomic mass is 10.2. The van der Waals surface area contributed by atoms with Crippen molar-refractivity contribution in [3.05, 3.63) is 53.3 Å². The molecule has 0 fully saturated rings. The first-order valence-corrected chi connectivity index (χ1v) is 7.40. The van der Waals surface area contributed by atoms with E-state index < -0.39 is 15.8 Å². The number of benzene rings is 2. The van der Waals surface area contributed by atoms with Crippen molar-refractivity contribution in [2.75, 3.05) is 10.5 Å². The molecule has 2 aromatic rings. The Kier molecular flexibility index (Phi) is 3.82. The second-order valence-corrected chi connectivity index (χ2v) is 6.09. The molecule has 5 nitrogen and oxygen atoms in total. The van der Waals surface area contributed by atoms with Gasteiger partial charge in [-0.05, 0) is 48.9 Å². The van der Waals surface area contributed by atoms with E-state index in [0.717, 1.165) is 6.07 Å². The molecule has 21 heavy (non-hydrogen) atoms. The third-order valence-electron chi connectivity index (χ3n) is 2.83. The number of aryl methyl sites for hydroxylation is 1. The third-order valence-corrected chi connectivity index (χ3v) is 4.36. The fourth-order valence-electron chi connectivity index (χ4n) is 1.83. The zero-order chi connectivity index (χ0) is 15.6. The summed E-state index contributed by atoms with van der Waals surface area (Å²) in [5.74, 6) is -0.759. The van der Waals surface area contributed by atoms with Crippen LogP contribution < -0.4 is 10.5 Å². The highest BCUT2D eigenvalue weighted by molar-refractivity contribution is 7.92. The van der Waals surface area contributed by atoms with E-state index in [9.17, 15) is 12.8 Å². The smallest absolute Gasteiger partial charge is 0.262 e. The van der Waals surface area contributed by atoms with Crippen LogP contribution in [0.2, 0.25) is 0 Å². The number of nitriles is 1. The van der Waals surface area contributed by atoms with E-state index in [-0.39, 0.29) is 16.3 Å². The van der Waals surface area contributed by atoms with Gasteiger partial charge in [-0.25, -0.2) is 12.8 Å². The summed E-state index contributed by atoms with van der Waals surface area (Å²) in [6.45, 7) is 1.56. The largest absolute Gasteiger partial charge is 0.399 e. The van der Waals surface area contributed by atoms with Crippen molar-refractivity contribution < 1.29 is 12.8 Å². The topological polar surface area (TPSA) is 96.0 Å². The summed E-state index contributed by atoms with van der Waals surface area (Å²) in [5, 5.41) is 8.78. The second kappa shape index (κ2) is 5.42. The normalized spacial score (nSPS) is 10.9. The van der Waals surface area contributed by atoms with Gasteiger partial charge in [0.1, 0.15) is 5.82 Å². The predicted octanol–water partition coefficient (Wildman–Crippen LogP) is 2.39. The second-order valence-electron chi connectivity index (χ2n) is 4.44. The van der Waals surface area contributed by atoms with Gasteiger partial charge < -0.3 is 5.73 Å². The van der Waals surface area contributed by atoms with Gasteiger partial charge in [-0.1, -0.05) is 0 Å². The number of hydrogen-bond acceptors (Lipinski definition) is 4. The minimum Gasteiger partial charge on any atom is -0.399 e. The lowest BCUT2D eigenvalue weighted by Gasteiger charge is -2.11. The van der Waals surface area contributed by atoms with E-state index in [1.165, 1.54) is 30.3 Å². The van der Waals surface area contributed by atoms with Crippen molar-refractivity contribution >= 4 is 21.4 Å². The monoisotopic (exact) mass is 305 g/mol. The molecule has 3 N–H and O–H groups in total. The molecule has 0 aromatic heterocycles. The number of sulfonamides is 1. The third kappa shape index (κ3) is 3.12. The molecule has 7 heteroatoms. The molecule has 0 amide bonds. The molecule has 0 spiro atoms. The molecule has 2 rings (SSSR count). The average Bonchev–Trinajstić information content (AvgIpc) is 2.41. The Morgan fingerprint density at radius 1 is 1.24 bits per heavy atom. The molecule has 0 aliphatic carbocycles. The van der Waals surface area contributed by atoms with Crippen molar-refractivity contribution in [2.45, 2.75) is 11.8 Å². The van der Waals surface area contributed by atoms with Crippen molar-refractivity contribution in [3.8, 4) is 6.07 Å². The minimum atomic E-state index is -3.94. The number of halogens is 1. The van der Waals surface area contributed by atoms with Crippen LogP contribution in [0.15, 0.2) is 41.3 Å². The van der Waals surface area contributed by atoms with Gasteiger partial charge in [0.2, 0.25) is 0 Å². The fourth-order valence-corrected chi connectivity index (χ4v) is 3.13. The Hall–Kier alpha value is -2.59. The Morgan fingerprint density at radius 3 is 2.52 bits per heavy atom. The fraction of sp³-hybridized carbons (Fsp3) is 0.0714. The summed E-state index contributed by atoms with van der Waals surface area (Å²) in [5.41, 5.74) is 6.17. The van der Waals surface area contributed by atoms with E-state index in [1.54, 1.807) is 6.92 Å². The summed E-state index contributed by atoms with van der Waals surface area (Å²) in [6.07, 6.45) is 0. The van der Waals surface area contributed by atoms with Gasteiger partial charge in [0.15, 0.2) is 0 Å². The minimum absolute atomic E-state index is 0.0160. The zero-order valence-electron chi connectivity index (χ0n) is 11.1. The maximum atomic E-state index is 13.7. The SMILES string of the molecule is Cc1cc(C#N)ccc1S(=O)(=O)Nc1ccc(N)cc1F. The van der Waals surface area contributed by atoms with Crippen LogP contribution in [0.1, 0.15) is 11.1 Å². The quantitative estimate of drug-likeness (QED) is 0.851. The van der Waals surface area contributed by atoms with Crippen LogP contribution in [0.4, 0.5) is 15.8 Å². The van der Waals surface area contributed by atoms with E-state index in [2.05, 4.69) is 4.72 Å². The molecule has 2 aromatic carbocycles. The first kappa shape index (κ1) is 14.8. The van der Waals surface area contributed by atoms with Crippen LogP contribution >= 0.6 is 0 Å². The number of anilines is 2. The van der Waals surface area contributed by atoms with Crippen LogP contribution in [0.5, 0.6) is 0 Å². The van der Waals surface area contributed by atoms with E-state index in [1.807, 2.05) is 6.07 Å². The van der Waals surface area contributed by atoms with E-state index >= 15 is 0 Å². The van der Waals surface area contributed by atoms with Gasteiger partial charge in [0.25, 0.3) is 10.0 Å². The van der Waals surface area contributed by atoms with Crippen molar-refractivity contribution in [3.63, 3.8) is 0 Å². The highest BCUT2D eigenvalue weighted by Crippen LogP contribution is 2.23. The maximum Gasteiger partial charge on any atom is 0.262 e. The number of hydrogen-bond donors (Lipinski definition) is 2. The Morgan fingerprint density at radius 2 is 1.95 bits per heavy atom. The highest BCUT2D eigenvalue weighted by atomic mass is 32.2. The number of nitrogen functional groups attached to an aromatic ring is 1. The summed E-state index contributed by atoms with van der Waals surface area (Å²) < 4.78 is 40.4. The summed E-state index contributed by atoms with van der Waals surface area (Å²) in [6, 6.07) is 9.75. The van der Waals surface area contributed by atoms with Crippen molar-refractivity contribution in [1.29, 1.82) is 5.26 Å². The van der Waals surface area contributed by atoms with Crippen LogP contribution in [-0.2, 0) is 10.0 Å². The number of rotatable bonds is 3. The zero-order valence-corrected chi connectivity index (χ0v) is 11.9. The Bertz CT molecular complexity index is 842. The molecule has 0 aliphatic rings. The van der Waals surface area contributed by atoms with Gasteiger partial charge in [-0.2, -0.15) is 5.26 Å². The number of nitrogens with one attached hydrogen (secondary N) is 1. The van der Waals surface area contributed by atoms with E-state index in [0.29, 0.717) is 11.1 Å². The summed E-state index contributed by atoms with van der Waals surface area (Å²) >= 11 is 0. The van der Waals surface area contributed by atoms with Crippen LogP contribution in [-0.4, -0.2) is 8.42 Å². The van der Waals surface area contributed by atoms with Gasteiger partial charge in [0, 0.05) is 5.69 Å². The maximum absolute atomic E-state index is 13.7. The predicted molar refractivity (Wildman–Crippen MR) is 77.5 cm³/mol. The van der Waals surface area contributed by atoms with Crippen LogP contribution in [0.25, 0.3) is 0 Å². The van der Waals surface area contributed by atoms with Gasteiger partial charge >= 0.3 is 0 Å². The molecule has 0 atom stereocenters. The number of nitrogens with zero attached hydrogens (tertiary/aromatic N) is 1. The molecule has 0 heterocycles. The summed E-state index contributed by atoms with van der Waals surface area (Å²) in [7, 11) is -3.94. The van der Waals surface area contributed by atoms with Crippen molar-refractivity contribution in [2.24, 2.45) is 0 Å². The standard InChI is InChI=1S/C14H12FN3O2S/c1-9-6-10(8-16)2-5-14(9)21(19,20)18-13-4-3-11(17)7-12(13)15/h2-7,18H,17H2,1H3. The molecule has 108 valence electrons. The molecule has 0 saturated carbocycles. The Labute approximate surface area is 121 Å². The van der Waals surface area contributed by atoms with Gasteiger partial charge in [-0.15, -0.1) is 0 Å². The first-order chi connectivity index (χ1) is 9.83. The lowest BCUT2D eigenvalue weighted by molar-refractivity contribution is 0.598. The highest BCUT2D eigenvalue weighted by Gasteiger charge is 2.18. The van der Waals surface area contributed by atoms with Gasteiger partial charge in [-0.3, -0.25) is 4.72 Å². The molecule has 0 bridgehead atoms.